The van der Waals surface area contributed by atoms with Gasteiger partial charge in [0.05, 0.1) is 18.0 Å². The molecule has 1 aliphatic rings. The van der Waals surface area contributed by atoms with Gasteiger partial charge in [-0.15, -0.1) is 0 Å². The lowest BCUT2D eigenvalue weighted by molar-refractivity contribution is -0.120. The molecule has 0 spiro atoms. The lowest BCUT2D eigenvalue weighted by Crippen LogP contribution is -2.41. The number of ether oxygens (including phenoxy) is 1. The van der Waals surface area contributed by atoms with Crippen LogP contribution in [0.5, 0.6) is 11.5 Å². The molecule has 3 aromatic rings. The maximum Gasteiger partial charge on any atom is 0.241 e. The zero-order valence-electron chi connectivity index (χ0n) is 20.1. The van der Waals surface area contributed by atoms with Gasteiger partial charge in [0.15, 0.2) is 5.75 Å². The molecule has 1 amide bonds. The summed E-state index contributed by atoms with van der Waals surface area (Å²) in [6, 6.07) is 23.8. The second kappa shape index (κ2) is 10.8. The van der Waals surface area contributed by atoms with Crippen LogP contribution in [0.4, 0.5) is 11.4 Å². The molecule has 0 aromatic heterocycles. The molecule has 8 heteroatoms. The molecular formula is C27H31N3O4S. The van der Waals surface area contributed by atoms with Crippen molar-refractivity contribution in [3.8, 4) is 11.5 Å². The predicted octanol–water partition coefficient (Wildman–Crippen LogP) is 4.72. The van der Waals surface area contributed by atoms with Crippen LogP contribution in [0.3, 0.4) is 0 Å². The van der Waals surface area contributed by atoms with Gasteiger partial charge in [-0.3, -0.25) is 9.10 Å². The van der Waals surface area contributed by atoms with Gasteiger partial charge in [0, 0.05) is 18.8 Å². The Hall–Kier alpha value is -3.52. The zero-order chi connectivity index (χ0) is 24.8. The quantitative estimate of drug-likeness (QED) is 0.467. The van der Waals surface area contributed by atoms with Gasteiger partial charge in [-0.25, -0.2) is 8.42 Å². The topological polar surface area (TPSA) is 79.0 Å². The number of hydrogen-bond acceptors (Lipinski definition) is 5. The maximum atomic E-state index is 12.9. The zero-order valence-corrected chi connectivity index (χ0v) is 20.9. The molecule has 1 unspecified atom stereocenters. The molecule has 1 aliphatic heterocycles. The van der Waals surface area contributed by atoms with Gasteiger partial charge < -0.3 is 15.0 Å². The Morgan fingerprint density at radius 1 is 0.971 bits per heavy atom. The smallest absolute Gasteiger partial charge is 0.241 e. The molecule has 1 N–H and O–H groups in total. The first kappa shape index (κ1) is 24.6. The number of carbonyl (C=O) groups excluding carboxylic acids is 1. The molecule has 0 radical (unpaired) electrons. The second-order valence-corrected chi connectivity index (χ2v) is 10.6. The lowest BCUT2D eigenvalue weighted by atomic mass is 10.1. The number of rotatable bonds is 9. The summed E-state index contributed by atoms with van der Waals surface area (Å²) in [5.74, 6) is 0.521. The van der Waals surface area contributed by atoms with E-state index in [1.807, 2.05) is 37.3 Å². The standard InChI is InChI=1S/C27H31N3O4S/c1-21(22-14-16-23(17-15-22)29-18-8-9-19-29)28-27(31)20-30(35(2,32)33)25-12-6-7-13-26(25)34-24-10-4-3-5-11-24/h3-7,10-17,21H,8-9,18-20H2,1-2H3,(H,28,31). The van der Waals surface area contributed by atoms with Gasteiger partial charge in [-0.2, -0.15) is 0 Å². The van der Waals surface area contributed by atoms with E-state index >= 15 is 0 Å². The Morgan fingerprint density at radius 2 is 1.60 bits per heavy atom. The van der Waals surface area contributed by atoms with Crippen molar-refractivity contribution in [1.82, 2.24) is 5.32 Å². The van der Waals surface area contributed by atoms with Gasteiger partial charge in [-0.1, -0.05) is 42.5 Å². The minimum atomic E-state index is -3.76. The summed E-state index contributed by atoms with van der Waals surface area (Å²) in [7, 11) is -3.76. The van der Waals surface area contributed by atoms with Crippen molar-refractivity contribution in [2.45, 2.75) is 25.8 Å². The van der Waals surface area contributed by atoms with Gasteiger partial charge in [-0.05, 0) is 61.7 Å². The highest BCUT2D eigenvalue weighted by Crippen LogP contribution is 2.33. The van der Waals surface area contributed by atoms with Crippen LogP contribution in [0.1, 0.15) is 31.4 Å². The van der Waals surface area contributed by atoms with Crippen molar-refractivity contribution >= 4 is 27.3 Å². The third-order valence-corrected chi connectivity index (χ3v) is 7.16. The predicted molar refractivity (Wildman–Crippen MR) is 140 cm³/mol. The first-order chi connectivity index (χ1) is 16.8. The van der Waals surface area contributed by atoms with Crippen molar-refractivity contribution < 1.29 is 17.9 Å². The van der Waals surface area contributed by atoms with E-state index in [0.29, 0.717) is 17.2 Å². The van der Waals surface area contributed by atoms with Gasteiger partial charge in [0.25, 0.3) is 0 Å². The van der Waals surface area contributed by atoms with Crippen LogP contribution in [0.25, 0.3) is 0 Å². The molecule has 3 aromatic carbocycles. The number of hydrogen-bond donors (Lipinski definition) is 1. The summed E-state index contributed by atoms with van der Waals surface area (Å²) in [5, 5.41) is 2.93. The molecule has 1 saturated heterocycles. The minimum Gasteiger partial charge on any atom is -0.455 e. The largest absolute Gasteiger partial charge is 0.455 e. The Labute approximate surface area is 207 Å². The van der Waals surface area contributed by atoms with Crippen molar-refractivity contribution in [3.63, 3.8) is 0 Å². The van der Waals surface area contributed by atoms with E-state index in [2.05, 4.69) is 22.3 Å². The normalized spacial score (nSPS) is 14.4. The van der Waals surface area contributed by atoms with Gasteiger partial charge in [0.2, 0.25) is 15.9 Å². The summed E-state index contributed by atoms with van der Waals surface area (Å²) in [4.78, 5) is 15.3. The Morgan fingerprint density at radius 3 is 2.26 bits per heavy atom. The third kappa shape index (κ3) is 6.33. The van der Waals surface area contributed by atoms with E-state index in [9.17, 15) is 13.2 Å². The van der Waals surface area contributed by atoms with E-state index in [0.717, 1.165) is 29.2 Å². The fraction of sp³-hybridized carbons (Fsp3) is 0.296. The van der Waals surface area contributed by atoms with Crippen molar-refractivity contribution in [1.29, 1.82) is 0 Å². The lowest BCUT2D eigenvalue weighted by Gasteiger charge is -2.25. The summed E-state index contributed by atoms with van der Waals surface area (Å²) < 4.78 is 32.4. The number of carbonyl (C=O) groups is 1. The molecule has 0 bridgehead atoms. The fourth-order valence-electron chi connectivity index (χ4n) is 4.20. The number of nitrogens with one attached hydrogen (secondary N) is 1. The number of sulfonamides is 1. The van der Waals surface area contributed by atoms with Gasteiger partial charge in [0.1, 0.15) is 12.3 Å². The van der Waals surface area contributed by atoms with Crippen LogP contribution in [0, 0.1) is 0 Å². The fourth-order valence-corrected chi connectivity index (χ4v) is 5.06. The van der Waals surface area contributed by atoms with E-state index in [4.69, 9.17) is 4.74 Å². The van der Waals surface area contributed by atoms with Crippen LogP contribution in [-0.4, -0.2) is 40.2 Å². The number of benzene rings is 3. The number of amides is 1. The highest BCUT2D eigenvalue weighted by Gasteiger charge is 2.25. The second-order valence-electron chi connectivity index (χ2n) is 8.73. The molecule has 184 valence electrons. The Kier molecular flexibility index (Phi) is 7.60. The average molecular weight is 494 g/mol. The van der Waals surface area contributed by atoms with Crippen LogP contribution in [-0.2, 0) is 14.8 Å². The highest BCUT2D eigenvalue weighted by molar-refractivity contribution is 7.92. The third-order valence-electron chi connectivity index (χ3n) is 6.03. The molecule has 35 heavy (non-hydrogen) atoms. The van der Waals surface area contributed by atoms with Crippen molar-refractivity contribution in [3.05, 3.63) is 84.4 Å². The van der Waals surface area contributed by atoms with E-state index < -0.39 is 15.9 Å². The number of para-hydroxylation sites is 3. The highest BCUT2D eigenvalue weighted by atomic mass is 32.2. The van der Waals surface area contributed by atoms with E-state index in [1.54, 1.807) is 36.4 Å². The van der Waals surface area contributed by atoms with Crippen LogP contribution >= 0.6 is 0 Å². The SMILES string of the molecule is CC(NC(=O)CN(c1ccccc1Oc1ccccc1)S(C)(=O)=O)c1ccc(N2CCCC2)cc1. The maximum absolute atomic E-state index is 12.9. The molecule has 1 fully saturated rings. The first-order valence-corrected chi connectivity index (χ1v) is 13.6. The Balaban J connectivity index is 1.47. The number of anilines is 2. The molecule has 7 nitrogen and oxygen atoms in total. The monoisotopic (exact) mass is 493 g/mol. The van der Waals surface area contributed by atoms with Crippen molar-refractivity contribution in [2.24, 2.45) is 0 Å². The molecule has 4 rings (SSSR count). The summed E-state index contributed by atoms with van der Waals surface area (Å²) in [5.41, 5.74) is 2.44. The van der Waals surface area contributed by atoms with Crippen molar-refractivity contribution in [2.75, 3.05) is 35.1 Å². The Bertz CT molecular complexity index is 1240. The van der Waals surface area contributed by atoms with Crippen LogP contribution in [0.15, 0.2) is 78.9 Å². The van der Waals surface area contributed by atoms with E-state index in [-0.39, 0.29) is 12.6 Å². The summed E-state index contributed by atoms with van der Waals surface area (Å²) in [6.45, 7) is 3.68. The average Bonchev–Trinajstić information content (AvgIpc) is 3.38. The molecule has 1 heterocycles. The molecular weight excluding hydrogens is 462 g/mol. The molecule has 1 atom stereocenters. The molecule has 0 aliphatic carbocycles. The van der Waals surface area contributed by atoms with E-state index in [1.165, 1.54) is 18.5 Å². The van der Waals surface area contributed by atoms with Crippen LogP contribution in [0.2, 0.25) is 0 Å². The first-order valence-electron chi connectivity index (χ1n) is 11.8. The van der Waals surface area contributed by atoms with Crippen LogP contribution < -0.4 is 19.3 Å². The van der Waals surface area contributed by atoms with Gasteiger partial charge >= 0.3 is 0 Å². The minimum absolute atomic E-state index is 0.271. The number of nitrogens with zero attached hydrogens (tertiary/aromatic N) is 2. The molecule has 0 saturated carbocycles. The summed E-state index contributed by atoms with van der Waals surface area (Å²) in [6.07, 6.45) is 3.51. The summed E-state index contributed by atoms with van der Waals surface area (Å²) >= 11 is 0.